The van der Waals surface area contributed by atoms with Crippen LogP contribution in [0.25, 0.3) is 0 Å². The van der Waals surface area contributed by atoms with Gasteiger partial charge in [0.05, 0.1) is 0 Å². The minimum Gasteiger partial charge on any atom is -0.314 e. The highest BCUT2D eigenvalue weighted by Gasteiger charge is 2.18. The maximum absolute atomic E-state index is 3.59. The summed E-state index contributed by atoms with van der Waals surface area (Å²) in [5.74, 6) is 0.834. The van der Waals surface area contributed by atoms with Crippen LogP contribution in [0, 0.1) is 5.92 Å². The van der Waals surface area contributed by atoms with Crippen LogP contribution < -0.4 is 5.32 Å². The zero-order chi connectivity index (χ0) is 9.97. The topological polar surface area (TPSA) is 12.0 Å². The molecule has 1 nitrogen and oxygen atoms in total. The summed E-state index contributed by atoms with van der Waals surface area (Å²) in [4.78, 5) is 1.51. The Bertz CT molecular complexity index is 289. The molecule has 1 N–H and O–H groups in total. The summed E-state index contributed by atoms with van der Waals surface area (Å²) in [7, 11) is 0. The van der Waals surface area contributed by atoms with Gasteiger partial charge in [0.2, 0.25) is 0 Å². The third-order valence-electron chi connectivity index (χ3n) is 2.93. The van der Waals surface area contributed by atoms with Gasteiger partial charge in [-0.1, -0.05) is 0 Å². The van der Waals surface area contributed by atoms with Gasteiger partial charge in [0.1, 0.15) is 0 Å². The maximum Gasteiger partial charge on any atom is 0.0314 e. The fourth-order valence-electron chi connectivity index (χ4n) is 1.96. The largest absolute Gasteiger partial charge is 0.314 e. The van der Waals surface area contributed by atoms with Gasteiger partial charge in [-0.15, -0.1) is 11.3 Å². The molecule has 78 valence electrons. The summed E-state index contributed by atoms with van der Waals surface area (Å²) in [5, 5.41) is 5.72. The van der Waals surface area contributed by atoms with E-state index in [4.69, 9.17) is 0 Å². The molecule has 3 heteroatoms. The molecule has 1 aliphatic rings. The van der Waals surface area contributed by atoms with Crippen LogP contribution in [-0.2, 0) is 6.42 Å². The molecule has 1 aromatic heterocycles. The van der Waals surface area contributed by atoms with Crippen molar-refractivity contribution < 1.29 is 0 Å². The quantitative estimate of drug-likeness (QED) is 0.871. The fourth-order valence-corrected chi connectivity index (χ4v) is 3.60. The SMILES string of the molecule is CC1CCC(Cc2sccc2Br)CN1. The van der Waals surface area contributed by atoms with E-state index in [9.17, 15) is 0 Å². The summed E-state index contributed by atoms with van der Waals surface area (Å²) in [6.45, 7) is 3.46. The number of hydrogen-bond donors (Lipinski definition) is 1. The van der Waals surface area contributed by atoms with Gasteiger partial charge in [0, 0.05) is 15.4 Å². The minimum atomic E-state index is 0.720. The van der Waals surface area contributed by atoms with Gasteiger partial charge in [-0.25, -0.2) is 0 Å². The Morgan fingerprint density at radius 2 is 2.43 bits per heavy atom. The molecule has 2 unspecified atom stereocenters. The van der Waals surface area contributed by atoms with Gasteiger partial charge >= 0.3 is 0 Å². The summed E-state index contributed by atoms with van der Waals surface area (Å²) in [6.07, 6.45) is 3.93. The molecule has 0 spiro atoms. The first-order valence-electron chi connectivity index (χ1n) is 5.21. The van der Waals surface area contributed by atoms with E-state index in [1.165, 1.54) is 35.2 Å². The number of halogens is 1. The summed E-state index contributed by atoms with van der Waals surface area (Å²) < 4.78 is 1.29. The van der Waals surface area contributed by atoms with Crippen molar-refractivity contribution in [3.05, 3.63) is 20.8 Å². The number of hydrogen-bond acceptors (Lipinski definition) is 2. The average molecular weight is 274 g/mol. The number of rotatable bonds is 2. The number of piperidine rings is 1. The lowest BCUT2D eigenvalue weighted by Gasteiger charge is -2.27. The van der Waals surface area contributed by atoms with Gasteiger partial charge in [0.15, 0.2) is 0 Å². The van der Waals surface area contributed by atoms with Crippen LogP contribution in [-0.4, -0.2) is 12.6 Å². The summed E-state index contributed by atoms with van der Waals surface area (Å²) in [6, 6.07) is 2.87. The van der Waals surface area contributed by atoms with Crippen molar-refractivity contribution in [2.24, 2.45) is 5.92 Å². The minimum absolute atomic E-state index is 0.720. The lowest BCUT2D eigenvalue weighted by molar-refractivity contribution is 0.323. The highest BCUT2D eigenvalue weighted by molar-refractivity contribution is 9.10. The average Bonchev–Trinajstić information content (AvgIpc) is 2.56. The smallest absolute Gasteiger partial charge is 0.0314 e. The van der Waals surface area contributed by atoms with Crippen molar-refractivity contribution in [3.63, 3.8) is 0 Å². The van der Waals surface area contributed by atoms with E-state index in [0.29, 0.717) is 0 Å². The Balaban J connectivity index is 1.89. The highest BCUT2D eigenvalue weighted by Crippen LogP contribution is 2.28. The van der Waals surface area contributed by atoms with Crippen LogP contribution in [0.2, 0.25) is 0 Å². The first-order valence-corrected chi connectivity index (χ1v) is 6.88. The van der Waals surface area contributed by atoms with Crippen molar-refractivity contribution in [3.8, 4) is 0 Å². The Morgan fingerprint density at radius 3 is 3.00 bits per heavy atom. The third-order valence-corrected chi connectivity index (χ3v) is 4.88. The third kappa shape index (κ3) is 2.59. The Labute approximate surface area is 98.0 Å². The molecule has 0 amide bonds. The zero-order valence-corrected chi connectivity index (χ0v) is 10.8. The van der Waals surface area contributed by atoms with E-state index in [0.717, 1.165) is 12.0 Å². The van der Waals surface area contributed by atoms with Crippen molar-refractivity contribution >= 4 is 27.3 Å². The molecule has 1 saturated heterocycles. The zero-order valence-electron chi connectivity index (χ0n) is 8.42. The first kappa shape index (κ1) is 10.7. The molecular formula is C11H16BrNS. The lowest BCUT2D eigenvalue weighted by atomic mass is 9.92. The van der Waals surface area contributed by atoms with E-state index < -0.39 is 0 Å². The van der Waals surface area contributed by atoms with Crippen molar-refractivity contribution in [1.82, 2.24) is 5.32 Å². The van der Waals surface area contributed by atoms with Gasteiger partial charge in [-0.2, -0.15) is 0 Å². The van der Waals surface area contributed by atoms with Crippen LogP contribution >= 0.6 is 27.3 Å². The molecule has 14 heavy (non-hydrogen) atoms. The van der Waals surface area contributed by atoms with Gasteiger partial charge in [-0.05, 0) is 66.0 Å². The van der Waals surface area contributed by atoms with E-state index in [2.05, 4.69) is 39.6 Å². The summed E-state index contributed by atoms with van der Waals surface area (Å²) >= 11 is 5.46. The van der Waals surface area contributed by atoms with Gasteiger partial charge < -0.3 is 5.32 Å². The Hall–Kier alpha value is 0.140. The molecule has 1 aliphatic heterocycles. The molecule has 0 radical (unpaired) electrons. The molecule has 2 rings (SSSR count). The Morgan fingerprint density at radius 1 is 1.57 bits per heavy atom. The second kappa shape index (κ2) is 4.77. The molecule has 1 fully saturated rings. The van der Waals surface area contributed by atoms with Crippen LogP contribution in [0.1, 0.15) is 24.6 Å². The molecule has 2 heterocycles. The van der Waals surface area contributed by atoms with Crippen LogP contribution in [0.4, 0.5) is 0 Å². The molecule has 2 atom stereocenters. The second-order valence-electron chi connectivity index (χ2n) is 4.15. The van der Waals surface area contributed by atoms with E-state index >= 15 is 0 Å². The number of thiophene rings is 1. The van der Waals surface area contributed by atoms with E-state index in [-0.39, 0.29) is 0 Å². The van der Waals surface area contributed by atoms with Gasteiger partial charge in [0.25, 0.3) is 0 Å². The summed E-state index contributed by atoms with van der Waals surface area (Å²) in [5.41, 5.74) is 0. The lowest BCUT2D eigenvalue weighted by Crippen LogP contribution is -2.37. The van der Waals surface area contributed by atoms with Crippen molar-refractivity contribution in [2.75, 3.05) is 6.54 Å². The molecule has 1 aromatic rings. The molecule has 0 bridgehead atoms. The van der Waals surface area contributed by atoms with E-state index in [1.807, 2.05) is 11.3 Å². The molecule has 0 aromatic carbocycles. The fraction of sp³-hybridized carbons (Fsp3) is 0.636. The number of nitrogens with one attached hydrogen (secondary N) is 1. The van der Waals surface area contributed by atoms with E-state index in [1.54, 1.807) is 0 Å². The monoisotopic (exact) mass is 273 g/mol. The second-order valence-corrected chi connectivity index (χ2v) is 6.00. The van der Waals surface area contributed by atoms with Crippen molar-refractivity contribution in [2.45, 2.75) is 32.2 Å². The molecule has 0 aliphatic carbocycles. The normalized spacial score (nSPS) is 27.9. The standard InChI is InChI=1S/C11H16BrNS/c1-8-2-3-9(7-13-8)6-11-10(12)4-5-14-11/h4-5,8-9,13H,2-3,6-7H2,1H3. The molecular weight excluding hydrogens is 258 g/mol. The van der Waals surface area contributed by atoms with Gasteiger partial charge in [-0.3, -0.25) is 0 Å². The maximum atomic E-state index is 3.59. The van der Waals surface area contributed by atoms with Crippen LogP contribution in [0.3, 0.4) is 0 Å². The van der Waals surface area contributed by atoms with Crippen LogP contribution in [0.5, 0.6) is 0 Å². The first-order chi connectivity index (χ1) is 6.75. The Kier molecular flexibility index (Phi) is 3.63. The predicted molar refractivity (Wildman–Crippen MR) is 65.9 cm³/mol. The van der Waals surface area contributed by atoms with Crippen molar-refractivity contribution in [1.29, 1.82) is 0 Å². The molecule has 0 saturated carbocycles. The predicted octanol–water partition coefficient (Wildman–Crippen LogP) is 3.44. The highest BCUT2D eigenvalue weighted by atomic mass is 79.9. The van der Waals surface area contributed by atoms with Crippen LogP contribution in [0.15, 0.2) is 15.9 Å².